The fourth-order valence-corrected chi connectivity index (χ4v) is 2.87. The first-order chi connectivity index (χ1) is 11.3. The predicted molar refractivity (Wildman–Crippen MR) is 104 cm³/mol. The molecule has 0 saturated heterocycles. The molecule has 2 aromatic rings. The van der Waals surface area contributed by atoms with Crippen LogP contribution in [0.25, 0.3) is 11.3 Å². The second kappa shape index (κ2) is 8.83. The molecule has 1 aromatic heterocycles. The molecule has 0 spiro atoms. The smallest absolute Gasteiger partial charge is 0.261 e. The van der Waals surface area contributed by atoms with Crippen LogP contribution < -0.4 is 16.6 Å². The minimum Gasteiger partial charge on any atom is -0.345 e. The summed E-state index contributed by atoms with van der Waals surface area (Å²) < 4.78 is 0. The number of hydrogen-bond acceptors (Lipinski definition) is 3. The fourth-order valence-electron chi connectivity index (χ4n) is 2.87. The van der Waals surface area contributed by atoms with Crippen LogP contribution in [0, 0.1) is 5.92 Å². The normalized spacial score (nSPS) is 13.0. The van der Waals surface area contributed by atoms with E-state index < -0.39 is 17.0 Å². The van der Waals surface area contributed by atoms with Gasteiger partial charge in [-0.2, -0.15) is 0 Å². The van der Waals surface area contributed by atoms with Crippen molar-refractivity contribution in [3.05, 3.63) is 58.4 Å². The maximum Gasteiger partial charge on any atom is 0.261 e. The maximum atomic E-state index is 12.5. The topological polar surface area (TPSA) is 88.0 Å². The average molecular weight is 364 g/mol. The molecule has 4 N–H and O–H groups in total. The van der Waals surface area contributed by atoms with E-state index >= 15 is 0 Å². The summed E-state index contributed by atoms with van der Waals surface area (Å²) in [6, 6.07) is 12.8. The van der Waals surface area contributed by atoms with Crippen molar-refractivity contribution in [2.45, 2.75) is 32.7 Å². The number of carbonyl (C=O) groups is 1. The molecular formula is C19H26ClN3O2. The quantitative estimate of drug-likeness (QED) is 0.737. The highest BCUT2D eigenvalue weighted by atomic mass is 35.5. The van der Waals surface area contributed by atoms with Gasteiger partial charge in [-0.05, 0) is 37.0 Å². The van der Waals surface area contributed by atoms with Gasteiger partial charge in [0.1, 0.15) is 5.56 Å². The van der Waals surface area contributed by atoms with Crippen LogP contribution in [-0.4, -0.2) is 23.0 Å². The molecule has 0 radical (unpaired) electrons. The summed E-state index contributed by atoms with van der Waals surface area (Å²) in [5.41, 5.74) is 6.56. The van der Waals surface area contributed by atoms with Crippen LogP contribution >= 0.6 is 12.4 Å². The van der Waals surface area contributed by atoms with Crippen LogP contribution in [0.2, 0.25) is 0 Å². The van der Waals surface area contributed by atoms with Gasteiger partial charge in [0, 0.05) is 17.8 Å². The Morgan fingerprint density at radius 1 is 1.20 bits per heavy atom. The highest BCUT2D eigenvalue weighted by molar-refractivity contribution is 5.94. The number of hydrogen-bond donors (Lipinski definition) is 3. The molecule has 0 bridgehead atoms. The SMILES string of the molecule is CC(C)CC(C)(CN)NC(=O)c1ccc(-c2ccccc2)[nH]c1=O.Cl. The van der Waals surface area contributed by atoms with E-state index in [-0.39, 0.29) is 18.0 Å². The Morgan fingerprint density at radius 3 is 2.36 bits per heavy atom. The number of carbonyl (C=O) groups excluding carboxylic acids is 1. The molecule has 1 atom stereocenters. The van der Waals surface area contributed by atoms with Gasteiger partial charge < -0.3 is 16.0 Å². The number of aromatic amines is 1. The number of nitrogens with two attached hydrogens (primary N) is 1. The summed E-state index contributed by atoms with van der Waals surface area (Å²) in [6.45, 7) is 6.36. The zero-order chi connectivity index (χ0) is 17.7. The van der Waals surface area contributed by atoms with Crippen molar-refractivity contribution in [2.75, 3.05) is 6.54 Å². The van der Waals surface area contributed by atoms with E-state index in [1.54, 1.807) is 12.1 Å². The standard InChI is InChI=1S/C19H25N3O2.ClH/c1-13(2)11-19(3,12-20)22-18(24)15-9-10-16(21-17(15)23)14-7-5-4-6-8-14;/h4-10,13H,11-12,20H2,1-3H3,(H,21,23)(H,22,24);1H. The van der Waals surface area contributed by atoms with Gasteiger partial charge in [0.15, 0.2) is 0 Å². The molecule has 1 aromatic carbocycles. The van der Waals surface area contributed by atoms with Crippen LogP contribution in [0.15, 0.2) is 47.3 Å². The van der Waals surface area contributed by atoms with Crippen molar-refractivity contribution in [1.29, 1.82) is 0 Å². The van der Waals surface area contributed by atoms with E-state index in [4.69, 9.17) is 5.73 Å². The van der Waals surface area contributed by atoms with Crippen LogP contribution in [0.5, 0.6) is 0 Å². The Kier molecular flexibility index (Phi) is 7.39. The first-order valence-corrected chi connectivity index (χ1v) is 8.16. The van der Waals surface area contributed by atoms with E-state index in [2.05, 4.69) is 24.1 Å². The third-order valence-corrected chi connectivity index (χ3v) is 3.96. The second-order valence-corrected chi connectivity index (χ2v) is 6.80. The monoisotopic (exact) mass is 363 g/mol. The molecule has 136 valence electrons. The third kappa shape index (κ3) is 5.44. The molecule has 0 saturated carbocycles. The van der Waals surface area contributed by atoms with E-state index in [1.165, 1.54) is 0 Å². The number of pyridine rings is 1. The molecule has 0 aliphatic heterocycles. The molecule has 0 aliphatic carbocycles. The third-order valence-electron chi connectivity index (χ3n) is 3.96. The van der Waals surface area contributed by atoms with Crippen molar-refractivity contribution < 1.29 is 4.79 Å². The number of H-pyrrole nitrogens is 1. The highest BCUT2D eigenvalue weighted by Gasteiger charge is 2.27. The zero-order valence-electron chi connectivity index (χ0n) is 14.8. The highest BCUT2D eigenvalue weighted by Crippen LogP contribution is 2.17. The van der Waals surface area contributed by atoms with Crippen LogP contribution in [0.1, 0.15) is 37.6 Å². The number of nitrogens with one attached hydrogen (secondary N) is 2. The number of aromatic nitrogens is 1. The fraction of sp³-hybridized carbons (Fsp3) is 0.368. The van der Waals surface area contributed by atoms with Crippen molar-refractivity contribution in [3.8, 4) is 11.3 Å². The minimum absolute atomic E-state index is 0. The summed E-state index contributed by atoms with van der Waals surface area (Å²) >= 11 is 0. The lowest BCUT2D eigenvalue weighted by molar-refractivity contribution is 0.0896. The molecule has 5 nitrogen and oxygen atoms in total. The Morgan fingerprint density at radius 2 is 1.84 bits per heavy atom. The van der Waals surface area contributed by atoms with Gasteiger partial charge in [0.05, 0.1) is 0 Å². The molecule has 2 rings (SSSR count). The molecule has 1 unspecified atom stereocenters. The van der Waals surface area contributed by atoms with Crippen molar-refractivity contribution in [1.82, 2.24) is 10.3 Å². The van der Waals surface area contributed by atoms with Crippen molar-refractivity contribution in [3.63, 3.8) is 0 Å². The molecule has 1 heterocycles. The lowest BCUT2D eigenvalue weighted by atomic mass is 9.90. The molecule has 0 aliphatic rings. The lowest BCUT2D eigenvalue weighted by Crippen LogP contribution is -2.52. The van der Waals surface area contributed by atoms with Crippen LogP contribution in [0.3, 0.4) is 0 Å². The number of rotatable bonds is 6. The van der Waals surface area contributed by atoms with Gasteiger partial charge >= 0.3 is 0 Å². The number of halogens is 1. The van der Waals surface area contributed by atoms with E-state index in [9.17, 15) is 9.59 Å². The first kappa shape index (κ1) is 20.9. The van der Waals surface area contributed by atoms with E-state index in [1.807, 2.05) is 37.3 Å². The first-order valence-electron chi connectivity index (χ1n) is 8.16. The molecule has 1 amide bonds. The summed E-state index contributed by atoms with van der Waals surface area (Å²) in [6.07, 6.45) is 0.745. The Bertz CT molecular complexity index is 759. The molecular weight excluding hydrogens is 338 g/mol. The summed E-state index contributed by atoms with van der Waals surface area (Å²) in [4.78, 5) is 27.6. The summed E-state index contributed by atoms with van der Waals surface area (Å²) in [5, 5.41) is 2.91. The summed E-state index contributed by atoms with van der Waals surface area (Å²) in [5.74, 6) is -0.0120. The van der Waals surface area contributed by atoms with Crippen LogP contribution in [0.4, 0.5) is 0 Å². The predicted octanol–water partition coefficient (Wildman–Crippen LogP) is 2.96. The summed E-state index contributed by atoms with van der Waals surface area (Å²) in [7, 11) is 0. The Hall–Kier alpha value is -2.11. The second-order valence-electron chi connectivity index (χ2n) is 6.80. The lowest BCUT2D eigenvalue weighted by Gasteiger charge is -2.31. The number of amides is 1. The Labute approximate surface area is 154 Å². The van der Waals surface area contributed by atoms with Crippen molar-refractivity contribution >= 4 is 18.3 Å². The van der Waals surface area contributed by atoms with Crippen molar-refractivity contribution in [2.24, 2.45) is 11.7 Å². The van der Waals surface area contributed by atoms with Gasteiger partial charge in [-0.3, -0.25) is 9.59 Å². The van der Waals surface area contributed by atoms with Gasteiger partial charge in [0.25, 0.3) is 11.5 Å². The Balaban J connectivity index is 0.00000312. The molecule has 25 heavy (non-hydrogen) atoms. The molecule has 6 heteroatoms. The van der Waals surface area contributed by atoms with E-state index in [0.717, 1.165) is 12.0 Å². The van der Waals surface area contributed by atoms with Crippen LogP contribution in [-0.2, 0) is 0 Å². The van der Waals surface area contributed by atoms with E-state index in [0.29, 0.717) is 18.2 Å². The van der Waals surface area contributed by atoms with Gasteiger partial charge in [-0.25, -0.2) is 0 Å². The zero-order valence-corrected chi connectivity index (χ0v) is 15.7. The number of benzene rings is 1. The molecule has 0 fully saturated rings. The van der Waals surface area contributed by atoms with Gasteiger partial charge in [0.2, 0.25) is 0 Å². The largest absolute Gasteiger partial charge is 0.345 e. The van der Waals surface area contributed by atoms with Gasteiger partial charge in [-0.15, -0.1) is 12.4 Å². The minimum atomic E-state index is -0.532. The van der Waals surface area contributed by atoms with Gasteiger partial charge in [-0.1, -0.05) is 44.2 Å². The average Bonchev–Trinajstić information content (AvgIpc) is 2.54. The maximum absolute atomic E-state index is 12.5.